The Morgan fingerprint density at radius 1 is 1.19 bits per heavy atom. The third-order valence-corrected chi connectivity index (χ3v) is 4.64. The Morgan fingerprint density at radius 2 is 1.92 bits per heavy atom. The number of H-pyrrole nitrogens is 1. The van der Waals surface area contributed by atoms with Crippen LogP contribution in [0.4, 0.5) is 0 Å². The minimum Gasteiger partial charge on any atom is -0.350 e. The monoisotopic (exact) mass is 351 g/mol. The minimum atomic E-state index is -0.143. The van der Waals surface area contributed by atoms with E-state index in [9.17, 15) is 9.59 Å². The lowest BCUT2D eigenvalue weighted by atomic mass is 9.92. The van der Waals surface area contributed by atoms with E-state index in [4.69, 9.17) is 0 Å². The maximum absolute atomic E-state index is 12.4. The van der Waals surface area contributed by atoms with Gasteiger partial charge in [-0.3, -0.25) is 14.7 Å². The second-order valence-electron chi connectivity index (χ2n) is 7.73. The van der Waals surface area contributed by atoms with E-state index in [1.54, 1.807) is 0 Å². The van der Waals surface area contributed by atoms with Crippen LogP contribution in [0.15, 0.2) is 42.0 Å². The topological polar surface area (TPSA) is 74.8 Å². The number of hydrogen-bond donors (Lipinski definition) is 2. The molecule has 0 bridgehead atoms. The quantitative estimate of drug-likeness (QED) is 0.865. The van der Waals surface area contributed by atoms with Crippen molar-refractivity contribution in [1.29, 1.82) is 0 Å². The van der Waals surface area contributed by atoms with Gasteiger partial charge < -0.3 is 5.32 Å². The van der Waals surface area contributed by atoms with E-state index in [1.165, 1.54) is 0 Å². The summed E-state index contributed by atoms with van der Waals surface area (Å²) >= 11 is 0. The molecule has 0 spiro atoms. The number of benzene rings is 1. The highest BCUT2D eigenvalue weighted by atomic mass is 16.2. The number of hydrogen-bond acceptors (Lipinski definition) is 3. The van der Waals surface area contributed by atoms with Gasteiger partial charge in [-0.25, -0.2) is 0 Å². The summed E-state index contributed by atoms with van der Waals surface area (Å²) in [7, 11) is 0. The number of Topliss-reactive ketones (excluding diaryl/α,β-unsaturated/α-hetero) is 1. The molecular weight excluding hydrogens is 326 g/mol. The average Bonchev–Trinajstić information content (AvgIpc) is 3.21. The van der Waals surface area contributed by atoms with Crippen molar-refractivity contribution in [2.45, 2.75) is 52.0 Å². The number of nitrogens with zero attached hydrogens (tertiary/aromatic N) is 1. The molecule has 0 radical (unpaired) electrons. The maximum Gasteiger partial charge on any atom is 0.224 e. The average molecular weight is 351 g/mol. The van der Waals surface area contributed by atoms with Crippen molar-refractivity contribution in [3.05, 3.63) is 58.9 Å². The lowest BCUT2D eigenvalue weighted by Gasteiger charge is -2.13. The zero-order chi connectivity index (χ0) is 18.7. The van der Waals surface area contributed by atoms with Gasteiger partial charge in [-0.15, -0.1) is 0 Å². The predicted molar refractivity (Wildman–Crippen MR) is 101 cm³/mol. The Morgan fingerprint density at radius 3 is 2.58 bits per heavy atom. The van der Waals surface area contributed by atoms with Gasteiger partial charge >= 0.3 is 0 Å². The molecular formula is C21H25N3O2. The number of nitrogens with one attached hydrogen (secondary N) is 2. The molecule has 0 atom stereocenters. The van der Waals surface area contributed by atoms with Crippen LogP contribution in [0.5, 0.6) is 0 Å². The first-order valence-electron chi connectivity index (χ1n) is 8.96. The van der Waals surface area contributed by atoms with E-state index in [0.29, 0.717) is 25.0 Å². The van der Waals surface area contributed by atoms with E-state index in [0.717, 1.165) is 22.5 Å². The molecule has 26 heavy (non-hydrogen) atoms. The molecule has 3 rings (SSSR count). The molecule has 0 saturated heterocycles. The molecule has 1 amide bonds. The molecule has 5 nitrogen and oxygen atoms in total. The summed E-state index contributed by atoms with van der Waals surface area (Å²) in [6.07, 6.45) is 1.33. The summed E-state index contributed by atoms with van der Waals surface area (Å²) < 4.78 is 0. The van der Waals surface area contributed by atoms with Gasteiger partial charge in [0.2, 0.25) is 5.91 Å². The zero-order valence-electron chi connectivity index (χ0n) is 15.6. The summed E-state index contributed by atoms with van der Waals surface area (Å²) in [5.74, 6) is -0.0637. The largest absolute Gasteiger partial charge is 0.350 e. The predicted octanol–water partition coefficient (Wildman–Crippen LogP) is 3.53. The van der Waals surface area contributed by atoms with Crippen molar-refractivity contribution >= 4 is 17.3 Å². The van der Waals surface area contributed by atoms with Crippen molar-refractivity contribution in [1.82, 2.24) is 15.5 Å². The number of allylic oxidation sites excluding steroid dienone is 1. The Hall–Kier alpha value is -2.69. The molecule has 0 saturated carbocycles. The van der Waals surface area contributed by atoms with E-state index in [-0.39, 0.29) is 23.5 Å². The summed E-state index contributed by atoms with van der Waals surface area (Å²) in [4.78, 5) is 24.6. The summed E-state index contributed by atoms with van der Waals surface area (Å²) in [5, 5.41) is 10.1. The second kappa shape index (κ2) is 7.28. The molecule has 0 fully saturated rings. The van der Waals surface area contributed by atoms with Gasteiger partial charge in [0.25, 0.3) is 0 Å². The van der Waals surface area contributed by atoms with Crippen LogP contribution in [-0.2, 0) is 21.5 Å². The summed E-state index contributed by atoms with van der Waals surface area (Å²) in [6.45, 7) is 6.66. The first-order chi connectivity index (χ1) is 12.3. The zero-order valence-corrected chi connectivity index (χ0v) is 15.6. The van der Waals surface area contributed by atoms with Crippen LogP contribution in [0.25, 0.3) is 5.57 Å². The van der Waals surface area contributed by atoms with Gasteiger partial charge in [0, 0.05) is 17.4 Å². The van der Waals surface area contributed by atoms with E-state index < -0.39 is 0 Å². The van der Waals surface area contributed by atoms with Crippen molar-refractivity contribution in [3.63, 3.8) is 0 Å². The van der Waals surface area contributed by atoms with Gasteiger partial charge in [0.05, 0.1) is 24.4 Å². The Labute approximate surface area is 153 Å². The standard InChI is InChI=1S/C21H25N3O2/c1-21(2,3)19-11-15(23-24-19)13-22-20(26)12-17-16(9-10-18(17)25)14-7-5-4-6-8-14/h4-8,11H,9-10,12-13H2,1-3H3,(H,22,26)(H,23,24). The smallest absolute Gasteiger partial charge is 0.224 e. The molecule has 2 aromatic rings. The van der Waals surface area contributed by atoms with E-state index >= 15 is 0 Å². The van der Waals surface area contributed by atoms with Crippen LogP contribution in [0.3, 0.4) is 0 Å². The normalized spacial score (nSPS) is 14.8. The number of aromatic nitrogens is 2. The molecule has 0 unspecified atom stereocenters. The van der Waals surface area contributed by atoms with Crippen LogP contribution in [-0.4, -0.2) is 21.9 Å². The van der Waals surface area contributed by atoms with Crippen molar-refractivity contribution in [2.24, 2.45) is 0 Å². The van der Waals surface area contributed by atoms with Crippen LogP contribution < -0.4 is 5.32 Å². The summed E-state index contributed by atoms with van der Waals surface area (Å²) in [6, 6.07) is 11.8. The van der Waals surface area contributed by atoms with Crippen molar-refractivity contribution < 1.29 is 9.59 Å². The number of aromatic amines is 1. The molecule has 136 valence electrons. The van der Waals surface area contributed by atoms with Crippen molar-refractivity contribution in [2.75, 3.05) is 0 Å². The molecule has 2 N–H and O–H groups in total. The molecule has 5 heteroatoms. The first-order valence-corrected chi connectivity index (χ1v) is 8.96. The number of carbonyl (C=O) groups is 2. The second-order valence-corrected chi connectivity index (χ2v) is 7.73. The highest BCUT2D eigenvalue weighted by Crippen LogP contribution is 2.33. The Balaban J connectivity index is 1.65. The Bertz CT molecular complexity index is 842. The number of rotatable bonds is 5. The van der Waals surface area contributed by atoms with Crippen LogP contribution in [0, 0.1) is 0 Å². The van der Waals surface area contributed by atoms with Gasteiger partial charge in [-0.2, -0.15) is 5.10 Å². The van der Waals surface area contributed by atoms with Crippen LogP contribution in [0.2, 0.25) is 0 Å². The van der Waals surface area contributed by atoms with Crippen LogP contribution in [0.1, 0.15) is 57.0 Å². The molecule has 1 heterocycles. The lowest BCUT2D eigenvalue weighted by Crippen LogP contribution is -2.24. The van der Waals surface area contributed by atoms with Gasteiger partial charge in [0.1, 0.15) is 0 Å². The SMILES string of the molecule is CC(C)(C)c1cc(CNC(=O)CC2=C(c3ccccc3)CCC2=O)[nH]n1. The molecule has 0 aliphatic heterocycles. The highest BCUT2D eigenvalue weighted by Gasteiger charge is 2.25. The fraction of sp³-hybridized carbons (Fsp3) is 0.381. The molecule has 1 aromatic heterocycles. The molecule has 1 aliphatic rings. The van der Waals surface area contributed by atoms with Crippen molar-refractivity contribution in [3.8, 4) is 0 Å². The summed E-state index contributed by atoms with van der Waals surface area (Å²) in [5.41, 5.74) is 4.46. The third-order valence-electron chi connectivity index (χ3n) is 4.64. The van der Waals surface area contributed by atoms with Crippen LogP contribution >= 0.6 is 0 Å². The molecule has 1 aliphatic carbocycles. The van der Waals surface area contributed by atoms with E-state index in [1.807, 2.05) is 36.4 Å². The minimum absolute atomic E-state index is 0.0373. The first kappa shape index (κ1) is 18.1. The van der Waals surface area contributed by atoms with Gasteiger partial charge in [-0.05, 0) is 23.6 Å². The number of ketones is 1. The molecule has 1 aromatic carbocycles. The Kier molecular flexibility index (Phi) is 5.07. The number of carbonyl (C=O) groups excluding carboxylic acids is 2. The lowest BCUT2D eigenvalue weighted by molar-refractivity contribution is -0.122. The van der Waals surface area contributed by atoms with Gasteiger partial charge in [-0.1, -0.05) is 51.1 Å². The maximum atomic E-state index is 12.4. The fourth-order valence-corrected chi connectivity index (χ4v) is 3.13. The van der Waals surface area contributed by atoms with Gasteiger partial charge in [0.15, 0.2) is 5.78 Å². The third kappa shape index (κ3) is 4.10. The number of amides is 1. The highest BCUT2D eigenvalue weighted by molar-refractivity contribution is 6.10. The fourth-order valence-electron chi connectivity index (χ4n) is 3.13. The van der Waals surface area contributed by atoms with E-state index in [2.05, 4.69) is 36.3 Å².